The van der Waals surface area contributed by atoms with E-state index in [1.54, 1.807) is 28.4 Å². The molecule has 238 valence electrons. The zero-order valence-electron chi connectivity index (χ0n) is 25.9. The molecule has 0 N–H and O–H groups in total. The van der Waals surface area contributed by atoms with Gasteiger partial charge in [-0.2, -0.15) is 0 Å². The minimum absolute atomic E-state index is 0.00442. The van der Waals surface area contributed by atoms with Gasteiger partial charge >= 0.3 is 11.9 Å². The Morgan fingerprint density at radius 2 is 1.11 bits per heavy atom. The first-order valence-corrected chi connectivity index (χ1v) is 14.2. The molecule has 0 aliphatic heterocycles. The lowest BCUT2D eigenvalue weighted by Gasteiger charge is -2.81. The third-order valence-electron chi connectivity index (χ3n) is 10.1. The van der Waals surface area contributed by atoms with Crippen LogP contribution in [0.1, 0.15) is 24.0 Å². The van der Waals surface area contributed by atoms with E-state index in [0.717, 1.165) is 22.3 Å². The number of hydrogen-bond donors (Lipinski definition) is 0. The van der Waals surface area contributed by atoms with Crippen LogP contribution in [0.3, 0.4) is 0 Å². The second-order valence-corrected chi connectivity index (χ2v) is 11.6. The lowest BCUT2D eigenvalue weighted by atomic mass is 9.20. The van der Waals surface area contributed by atoms with Crippen LogP contribution in [-0.4, -0.2) is 95.0 Å². The minimum atomic E-state index is -0.854. The fraction of sp³-hybridized carbons (Fsp3) is 0.562. The summed E-state index contributed by atoms with van der Waals surface area (Å²) in [4.78, 5) is 26.8. The van der Waals surface area contributed by atoms with Gasteiger partial charge in [0, 0.05) is 72.4 Å². The Bertz CT molecular complexity index is 1460. The van der Waals surface area contributed by atoms with Crippen molar-refractivity contribution in [3.05, 3.63) is 57.7 Å². The fourth-order valence-electron chi connectivity index (χ4n) is 8.75. The first kappa shape index (κ1) is 30.8. The van der Waals surface area contributed by atoms with Crippen molar-refractivity contribution in [2.45, 2.75) is 23.7 Å². The summed E-state index contributed by atoms with van der Waals surface area (Å²) < 4.78 is 55.4. The normalized spacial score (nSPS) is 29.9. The molecule has 6 rings (SSSR count). The largest absolute Gasteiger partial charge is 0.467 e. The highest BCUT2D eigenvalue weighted by molar-refractivity contribution is 6.03. The van der Waals surface area contributed by atoms with Gasteiger partial charge in [-0.15, -0.1) is 0 Å². The molecule has 1 aromatic carbocycles. The van der Waals surface area contributed by atoms with Crippen LogP contribution in [-0.2, 0) is 58.3 Å². The summed E-state index contributed by atoms with van der Waals surface area (Å²) in [5.74, 6) is 0.323. The van der Waals surface area contributed by atoms with Crippen LogP contribution in [0.15, 0.2) is 46.6 Å². The Morgan fingerprint density at radius 3 is 1.66 bits per heavy atom. The van der Waals surface area contributed by atoms with Crippen molar-refractivity contribution in [3.8, 4) is 11.5 Å². The summed E-state index contributed by atoms with van der Waals surface area (Å²) in [7, 11) is 8.96. The molecule has 1 saturated carbocycles. The standard InChI is InChI=1S/C32H38O12/c1-35-15-41-11-21-22(12-42-16-36-2)31-14-32-20(28(34)40-6)10-30(32,13-29(21,31)9-19(31)27(33)39-5)25-23(43-17-37-3)7-8-24(26(25)32)44-18-38-4/h7-10H,11-18H2,1-6H3. The van der Waals surface area contributed by atoms with Gasteiger partial charge in [-0.3, -0.25) is 0 Å². The number of ether oxygens (including phenoxy) is 10. The summed E-state index contributed by atoms with van der Waals surface area (Å²) >= 11 is 0. The van der Waals surface area contributed by atoms with Gasteiger partial charge in [0.05, 0.1) is 27.4 Å². The van der Waals surface area contributed by atoms with Gasteiger partial charge in [-0.05, 0) is 36.1 Å². The molecule has 0 heterocycles. The predicted molar refractivity (Wildman–Crippen MR) is 152 cm³/mol. The SMILES string of the molecule is COCOCC1=C(COCOC)C23CC45C(C(=O)OC)=CC4(CC12C=C3C(=O)OC)c1c(OCOC)ccc(OCOC)c15. The lowest BCUT2D eigenvalue weighted by Crippen LogP contribution is -2.79. The summed E-state index contributed by atoms with van der Waals surface area (Å²) in [6.07, 6.45) is 4.93. The molecule has 1 fully saturated rings. The average molecular weight is 615 g/mol. The zero-order valence-corrected chi connectivity index (χ0v) is 25.9. The second kappa shape index (κ2) is 11.3. The van der Waals surface area contributed by atoms with Gasteiger partial charge in [0.1, 0.15) is 25.1 Å². The minimum Gasteiger partial charge on any atom is -0.467 e. The molecule has 4 unspecified atom stereocenters. The number of fused-ring (bicyclic) bond motifs is 1. The number of hydrogen-bond acceptors (Lipinski definition) is 12. The summed E-state index contributed by atoms with van der Waals surface area (Å²) in [6.45, 7) is 0.694. The number of carbonyl (C=O) groups excluding carboxylic acids is 2. The quantitative estimate of drug-likeness (QED) is 0.118. The van der Waals surface area contributed by atoms with Gasteiger partial charge in [0.15, 0.2) is 13.6 Å². The van der Waals surface area contributed by atoms with Crippen LogP contribution < -0.4 is 9.47 Å². The third kappa shape index (κ3) is 3.60. The molecule has 0 saturated heterocycles. The topological polar surface area (TPSA) is 126 Å². The highest BCUT2D eigenvalue weighted by Crippen LogP contribution is 2.89. The van der Waals surface area contributed by atoms with Gasteiger partial charge < -0.3 is 47.4 Å². The number of benzene rings is 1. The first-order chi connectivity index (χ1) is 21.3. The van der Waals surface area contributed by atoms with E-state index >= 15 is 0 Å². The molecule has 4 atom stereocenters. The van der Waals surface area contributed by atoms with Gasteiger partial charge in [-0.25, -0.2) is 9.59 Å². The number of carbonyl (C=O) groups is 2. The maximum atomic E-state index is 13.4. The number of methoxy groups -OCH3 is 6. The summed E-state index contributed by atoms with van der Waals surface area (Å²) in [5.41, 5.74) is 1.85. The Balaban J connectivity index is 1.56. The molecule has 1 aromatic rings. The molecule has 0 amide bonds. The van der Waals surface area contributed by atoms with Crippen molar-refractivity contribution in [3.63, 3.8) is 0 Å². The van der Waals surface area contributed by atoms with E-state index in [0.29, 0.717) is 35.5 Å². The molecule has 12 heteroatoms. The maximum Gasteiger partial charge on any atom is 0.334 e. The Hall–Kier alpha value is -3.26. The lowest BCUT2D eigenvalue weighted by molar-refractivity contribution is -0.149. The molecule has 0 spiro atoms. The van der Waals surface area contributed by atoms with Crippen molar-refractivity contribution in [2.75, 3.05) is 83.0 Å². The smallest absolute Gasteiger partial charge is 0.334 e. The van der Waals surface area contributed by atoms with E-state index < -0.39 is 33.6 Å². The Morgan fingerprint density at radius 1 is 0.614 bits per heavy atom. The van der Waals surface area contributed by atoms with Crippen LogP contribution >= 0.6 is 0 Å². The molecule has 0 bridgehead atoms. The van der Waals surface area contributed by atoms with Crippen LogP contribution in [0.25, 0.3) is 0 Å². The van der Waals surface area contributed by atoms with Crippen molar-refractivity contribution in [1.82, 2.24) is 0 Å². The molecule has 5 aliphatic rings. The van der Waals surface area contributed by atoms with Crippen molar-refractivity contribution >= 4 is 11.9 Å². The molecule has 5 aliphatic carbocycles. The van der Waals surface area contributed by atoms with Crippen molar-refractivity contribution in [2.24, 2.45) is 10.8 Å². The molecule has 0 aromatic heterocycles. The van der Waals surface area contributed by atoms with E-state index in [1.807, 2.05) is 24.3 Å². The van der Waals surface area contributed by atoms with E-state index in [9.17, 15) is 9.59 Å². The second-order valence-electron chi connectivity index (χ2n) is 11.6. The monoisotopic (exact) mass is 614 g/mol. The van der Waals surface area contributed by atoms with Crippen LogP contribution in [0.2, 0.25) is 0 Å². The van der Waals surface area contributed by atoms with Crippen LogP contribution in [0.5, 0.6) is 11.5 Å². The van der Waals surface area contributed by atoms with Gasteiger partial charge in [0.2, 0.25) is 0 Å². The zero-order chi connectivity index (χ0) is 31.3. The highest BCUT2D eigenvalue weighted by Gasteiger charge is 2.86. The highest BCUT2D eigenvalue weighted by atomic mass is 16.7. The number of allylic oxidation sites excluding steroid dienone is 2. The summed E-state index contributed by atoms with van der Waals surface area (Å²) in [6, 6.07) is 3.67. The maximum absolute atomic E-state index is 13.4. The van der Waals surface area contributed by atoms with Gasteiger partial charge in [-0.1, -0.05) is 12.2 Å². The summed E-state index contributed by atoms with van der Waals surface area (Å²) in [5, 5.41) is 0. The van der Waals surface area contributed by atoms with E-state index in [2.05, 4.69) is 0 Å². The molecule has 44 heavy (non-hydrogen) atoms. The fourth-order valence-corrected chi connectivity index (χ4v) is 8.75. The van der Waals surface area contributed by atoms with Crippen molar-refractivity contribution in [1.29, 1.82) is 0 Å². The number of rotatable bonds is 16. The van der Waals surface area contributed by atoms with Gasteiger partial charge in [0.25, 0.3) is 0 Å². The molecular formula is C32H38O12. The molecule has 12 nitrogen and oxygen atoms in total. The average Bonchev–Trinajstić information content (AvgIpc) is 3.03. The molecular weight excluding hydrogens is 576 g/mol. The van der Waals surface area contributed by atoms with E-state index in [1.165, 1.54) is 14.2 Å². The van der Waals surface area contributed by atoms with Crippen LogP contribution in [0.4, 0.5) is 0 Å². The Kier molecular flexibility index (Phi) is 7.88. The van der Waals surface area contributed by atoms with Crippen molar-refractivity contribution < 1.29 is 57.0 Å². The Labute approximate surface area is 255 Å². The first-order valence-electron chi connectivity index (χ1n) is 14.2. The van der Waals surface area contributed by atoms with Crippen LogP contribution in [0, 0.1) is 10.8 Å². The number of esters is 2. The van der Waals surface area contributed by atoms with E-state index in [-0.39, 0.29) is 40.4 Å². The van der Waals surface area contributed by atoms with E-state index in [4.69, 9.17) is 47.4 Å². The molecule has 0 radical (unpaired) electrons. The third-order valence-corrected chi connectivity index (χ3v) is 10.1. The predicted octanol–water partition coefficient (Wildman–Crippen LogP) is 2.69.